The Hall–Kier alpha value is -1.91. The normalized spacial score (nSPS) is 17.2. The molecule has 26 heavy (non-hydrogen) atoms. The van der Waals surface area contributed by atoms with Crippen molar-refractivity contribution in [2.75, 3.05) is 13.1 Å². The summed E-state index contributed by atoms with van der Waals surface area (Å²) in [6, 6.07) is 11.8. The molecule has 1 fully saturated rings. The van der Waals surface area contributed by atoms with E-state index in [1.54, 1.807) is 12.4 Å². The van der Waals surface area contributed by atoms with Crippen LogP contribution < -0.4 is 5.32 Å². The Morgan fingerprint density at radius 3 is 2.42 bits per heavy atom. The highest BCUT2D eigenvalue weighted by Gasteiger charge is 2.28. The lowest BCUT2D eigenvalue weighted by Gasteiger charge is -2.34. The second kappa shape index (κ2) is 8.65. The predicted molar refractivity (Wildman–Crippen MR) is 105 cm³/mol. The summed E-state index contributed by atoms with van der Waals surface area (Å²) in [5.74, 6) is 0.189. The number of carbonyl (C=O) groups is 1. The molecule has 1 aliphatic heterocycles. The van der Waals surface area contributed by atoms with Crippen LogP contribution in [0.5, 0.6) is 0 Å². The Morgan fingerprint density at radius 1 is 1.15 bits per heavy atom. The minimum absolute atomic E-state index is 0.0662. The number of nitrogens with one attached hydrogen (secondary N) is 1. The van der Waals surface area contributed by atoms with E-state index in [2.05, 4.69) is 29.0 Å². The molecule has 1 amide bonds. The van der Waals surface area contributed by atoms with E-state index in [0.717, 1.165) is 37.1 Å². The molecule has 1 N–H and O–H groups in total. The average Bonchev–Trinajstić information content (AvgIpc) is 2.67. The lowest BCUT2D eigenvalue weighted by molar-refractivity contribution is -0.127. The number of aromatic nitrogens is 1. The molecule has 0 spiro atoms. The number of likely N-dealkylation sites (tertiary alicyclic amines) is 1. The van der Waals surface area contributed by atoms with E-state index in [1.807, 2.05) is 36.4 Å². The summed E-state index contributed by atoms with van der Waals surface area (Å²) < 4.78 is 0. The summed E-state index contributed by atoms with van der Waals surface area (Å²) in [5, 5.41) is 3.93. The first kappa shape index (κ1) is 18.9. The molecule has 2 heterocycles. The van der Waals surface area contributed by atoms with Crippen molar-refractivity contribution in [3.05, 3.63) is 64.9 Å². The van der Waals surface area contributed by atoms with Gasteiger partial charge in [0.15, 0.2) is 0 Å². The molecule has 0 saturated carbocycles. The summed E-state index contributed by atoms with van der Waals surface area (Å²) in [5.41, 5.74) is 1.98. The first-order valence-corrected chi connectivity index (χ1v) is 9.62. The molecule has 1 saturated heterocycles. The molecule has 5 heteroatoms. The zero-order valence-electron chi connectivity index (χ0n) is 15.4. The number of halogens is 1. The zero-order chi connectivity index (χ0) is 18.5. The second-order valence-corrected chi connectivity index (χ2v) is 7.62. The molecule has 1 aromatic carbocycles. The number of nitrogens with zero attached hydrogens (tertiary/aromatic N) is 2. The molecule has 138 valence electrons. The van der Waals surface area contributed by atoms with Gasteiger partial charge in [0.1, 0.15) is 0 Å². The maximum absolute atomic E-state index is 12.9. The van der Waals surface area contributed by atoms with Gasteiger partial charge >= 0.3 is 0 Å². The lowest BCUT2D eigenvalue weighted by atomic mass is 9.93. The summed E-state index contributed by atoms with van der Waals surface area (Å²) in [7, 11) is 0. The minimum Gasteiger partial charge on any atom is -0.345 e. The van der Waals surface area contributed by atoms with E-state index in [1.165, 1.54) is 0 Å². The van der Waals surface area contributed by atoms with Gasteiger partial charge in [-0.1, -0.05) is 29.8 Å². The molecule has 1 aliphatic rings. The predicted octanol–water partition coefficient (Wildman–Crippen LogP) is 4.06. The van der Waals surface area contributed by atoms with Gasteiger partial charge in [0, 0.05) is 29.4 Å². The van der Waals surface area contributed by atoms with Gasteiger partial charge in [0.2, 0.25) is 5.91 Å². The van der Waals surface area contributed by atoms with Crippen molar-refractivity contribution in [2.24, 2.45) is 5.92 Å². The first-order chi connectivity index (χ1) is 12.5. The third-order valence-electron chi connectivity index (χ3n) is 5.14. The second-order valence-electron chi connectivity index (χ2n) is 7.18. The molecule has 2 aromatic rings. The van der Waals surface area contributed by atoms with E-state index >= 15 is 0 Å². The van der Waals surface area contributed by atoms with Crippen LogP contribution in [0.4, 0.5) is 0 Å². The van der Waals surface area contributed by atoms with Crippen molar-refractivity contribution in [1.82, 2.24) is 15.2 Å². The third-order valence-corrected chi connectivity index (χ3v) is 5.39. The van der Waals surface area contributed by atoms with Crippen molar-refractivity contribution in [3.8, 4) is 0 Å². The van der Waals surface area contributed by atoms with Gasteiger partial charge in [0.05, 0.1) is 6.04 Å². The largest absolute Gasteiger partial charge is 0.345 e. The Morgan fingerprint density at radius 2 is 1.85 bits per heavy atom. The molecule has 1 atom stereocenters. The number of amides is 1. The van der Waals surface area contributed by atoms with Gasteiger partial charge in [-0.25, -0.2) is 0 Å². The van der Waals surface area contributed by atoms with Crippen LogP contribution in [0.1, 0.15) is 43.9 Å². The zero-order valence-corrected chi connectivity index (χ0v) is 16.1. The molecule has 0 bridgehead atoms. The number of benzene rings is 1. The maximum atomic E-state index is 12.9. The average molecular weight is 372 g/mol. The van der Waals surface area contributed by atoms with Gasteiger partial charge in [-0.05, 0) is 69.1 Å². The fourth-order valence-electron chi connectivity index (χ4n) is 3.50. The van der Waals surface area contributed by atoms with E-state index < -0.39 is 0 Å². The van der Waals surface area contributed by atoms with Crippen molar-refractivity contribution < 1.29 is 4.79 Å². The van der Waals surface area contributed by atoms with Crippen molar-refractivity contribution >= 4 is 17.5 Å². The van der Waals surface area contributed by atoms with Gasteiger partial charge in [-0.2, -0.15) is 0 Å². The summed E-state index contributed by atoms with van der Waals surface area (Å²) in [6.07, 6.45) is 5.36. The number of hydrogen-bond donors (Lipinski definition) is 1. The van der Waals surface area contributed by atoms with Crippen LogP contribution >= 0.6 is 11.6 Å². The Bertz CT molecular complexity index is 710. The SMILES string of the molecule is CC(C)N1CCC(C(=O)N[C@H](c2ccc(Cl)cc2)c2cccnc2)CC1. The van der Waals surface area contributed by atoms with Gasteiger partial charge in [-0.3, -0.25) is 9.78 Å². The van der Waals surface area contributed by atoms with E-state index in [4.69, 9.17) is 11.6 Å². The smallest absolute Gasteiger partial charge is 0.223 e. The minimum atomic E-state index is -0.211. The highest BCUT2D eigenvalue weighted by atomic mass is 35.5. The standard InChI is InChI=1S/C21H26ClN3O/c1-15(2)25-12-9-17(10-13-25)21(26)24-20(18-4-3-11-23-14-18)16-5-7-19(22)8-6-16/h3-8,11,14-15,17,20H,9-10,12-13H2,1-2H3,(H,24,26)/t20-/m1/s1. The number of hydrogen-bond acceptors (Lipinski definition) is 3. The highest BCUT2D eigenvalue weighted by Crippen LogP contribution is 2.25. The number of piperidine rings is 1. The summed E-state index contributed by atoms with van der Waals surface area (Å²) in [6.45, 7) is 6.38. The Kier molecular flexibility index (Phi) is 6.28. The Balaban J connectivity index is 1.74. The van der Waals surface area contributed by atoms with Crippen LogP contribution in [0.3, 0.4) is 0 Å². The fourth-order valence-corrected chi connectivity index (χ4v) is 3.63. The van der Waals surface area contributed by atoms with Crippen LogP contribution in [0.2, 0.25) is 5.02 Å². The van der Waals surface area contributed by atoms with E-state index in [0.29, 0.717) is 11.1 Å². The highest BCUT2D eigenvalue weighted by molar-refractivity contribution is 6.30. The maximum Gasteiger partial charge on any atom is 0.223 e. The summed E-state index contributed by atoms with van der Waals surface area (Å²) in [4.78, 5) is 19.6. The number of rotatable bonds is 5. The van der Waals surface area contributed by atoms with Crippen LogP contribution in [0.15, 0.2) is 48.8 Å². The van der Waals surface area contributed by atoms with Gasteiger partial charge in [-0.15, -0.1) is 0 Å². The molecule has 1 aromatic heterocycles. The molecule has 0 radical (unpaired) electrons. The molecule has 4 nitrogen and oxygen atoms in total. The Labute approximate surface area is 160 Å². The van der Waals surface area contributed by atoms with Crippen molar-refractivity contribution in [1.29, 1.82) is 0 Å². The van der Waals surface area contributed by atoms with Crippen molar-refractivity contribution in [3.63, 3.8) is 0 Å². The fraction of sp³-hybridized carbons (Fsp3) is 0.429. The number of carbonyl (C=O) groups excluding carboxylic acids is 1. The first-order valence-electron chi connectivity index (χ1n) is 9.24. The third kappa shape index (κ3) is 4.63. The topological polar surface area (TPSA) is 45.2 Å². The molecule has 0 unspecified atom stereocenters. The van der Waals surface area contributed by atoms with Crippen LogP contribution in [-0.2, 0) is 4.79 Å². The molecular weight excluding hydrogens is 346 g/mol. The number of pyridine rings is 1. The quantitative estimate of drug-likeness (QED) is 0.862. The monoisotopic (exact) mass is 371 g/mol. The van der Waals surface area contributed by atoms with Crippen LogP contribution in [0, 0.1) is 5.92 Å². The molecular formula is C21H26ClN3O. The lowest BCUT2D eigenvalue weighted by Crippen LogP contribution is -2.43. The molecule has 0 aliphatic carbocycles. The molecule has 3 rings (SSSR count). The van der Waals surface area contributed by atoms with Crippen LogP contribution in [-0.4, -0.2) is 34.9 Å². The summed E-state index contributed by atoms with van der Waals surface area (Å²) >= 11 is 6.02. The van der Waals surface area contributed by atoms with Gasteiger partial charge in [0.25, 0.3) is 0 Å². The van der Waals surface area contributed by atoms with Gasteiger partial charge < -0.3 is 10.2 Å². The van der Waals surface area contributed by atoms with E-state index in [9.17, 15) is 4.79 Å². The van der Waals surface area contributed by atoms with Crippen LogP contribution in [0.25, 0.3) is 0 Å². The van der Waals surface area contributed by atoms with Crippen molar-refractivity contribution in [2.45, 2.75) is 38.8 Å². The van der Waals surface area contributed by atoms with E-state index in [-0.39, 0.29) is 17.9 Å².